The number of hydrogen-bond acceptors (Lipinski definition) is 16. The van der Waals surface area contributed by atoms with Crippen LogP contribution in [0.25, 0.3) is 33.7 Å². The van der Waals surface area contributed by atoms with Crippen molar-refractivity contribution in [1.82, 2.24) is 31.1 Å². The summed E-state index contributed by atoms with van der Waals surface area (Å²) in [6, 6.07) is 18.3. The van der Waals surface area contributed by atoms with Crippen LogP contribution in [0.4, 0.5) is 0 Å². The topological polar surface area (TPSA) is 388 Å². The van der Waals surface area contributed by atoms with Gasteiger partial charge in [-0.2, -0.15) is 0 Å². The van der Waals surface area contributed by atoms with Crippen LogP contribution in [0.15, 0.2) is 103 Å². The predicted molar refractivity (Wildman–Crippen MR) is 361 cm³/mol. The van der Waals surface area contributed by atoms with Gasteiger partial charge < -0.3 is 36.6 Å². The number of fused-ring (bicyclic) bond motifs is 2. The van der Waals surface area contributed by atoms with Crippen LogP contribution in [0.3, 0.4) is 0 Å². The summed E-state index contributed by atoms with van der Waals surface area (Å²) in [5, 5.41) is 41.9. The number of hydrogen-bond donors (Lipinski definition) is 7. The van der Waals surface area contributed by atoms with Crippen molar-refractivity contribution in [3.63, 3.8) is 0 Å². The molecule has 0 saturated carbocycles. The van der Waals surface area contributed by atoms with Gasteiger partial charge >= 0.3 is 17.9 Å². The van der Waals surface area contributed by atoms with E-state index >= 15 is 0 Å². The molecular formula is C75H78N6O19. The molecule has 10 atom stereocenters. The molecule has 3 unspecified atom stereocenters. The molecule has 0 bridgehead atoms. The van der Waals surface area contributed by atoms with Crippen molar-refractivity contribution in [2.24, 2.45) is 41.4 Å². The van der Waals surface area contributed by atoms with Crippen molar-refractivity contribution in [3.05, 3.63) is 141 Å². The first-order valence-electron chi connectivity index (χ1n) is 33.1. The fourth-order valence-corrected chi connectivity index (χ4v) is 13.8. The van der Waals surface area contributed by atoms with E-state index < -0.39 is 206 Å². The first-order valence-corrected chi connectivity index (χ1v) is 33.1. The lowest BCUT2D eigenvalue weighted by Crippen LogP contribution is -2.53. The Morgan fingerprint density at radius 1 is 0.520 bits per heavy atom. The Labute approximate surface area is 574 Å². The minimum atomic E-state index is -1.63. The molecule has 0 spiro atoms. The third-order valence-electron chi connectivity index (χ3n) is 19.1. The molecule has 100 heavy (non-hydrogen) atoms. The van der Waals surface area contributed by atoms with Crippen LogP contribution in [0.2, 0.25) is 0 Å². The van der Waals surface area contributed by atoms with E-state index in [0.29, 0.717) is 43.6 Å². The van der Waals surface area contributed by atoms with E-state index in [9.17, 15) is 92.0 Å². The molecule has 0 aromatic heterocycles. The second kappa shape index (κ2) is 30.8. The average Bonchev–Trinajstić information content (AvgIpc) is 0.715. The van der Waals surface area contributed by atoms with Gasteiger partial charge in [0.15, 0.2) is 28.9 Å². The Hall–Kier alpha value is -11.0. The monoisotopic (exact) mass is 1370 g/mol. The molecule has 2 heterocycles. The molecule has 522 valence electrons. The standard InChI is InChI=1S/C75H78N6O19/c1-36(2)54(75(99)100)32-59(86)56(33-62(90)91)78-69(93)43(27-41-14-10-8-11-15-41)29-57(84)39(6)76-60(87)35-81-73(97)52-24-20-48-46-18-22-50-65-51(23-19-47(63(46)65)49-21-25-53(74(81)98)66(52)64(48)49)72(96)80(71(50)95)34-45(83)26-38(5)68(92)77-55(28-42-16-12-9-13-17-42)58(85)30-44(31-61(88)89)70(94)79-67(37(3)4)40(7)82/h8-25,36-39,43-44,50,54-56,65,67H,26-35H2,1-7H3,(H,76,87)(H,77,92)(H,78,93)(H,79,94)(H,88,89)(H,90,91)(H,99,100)/t38?,39-,43+,44-,50?,54-,55-,56-,65?,67-/m0/s1. The largest absolute Gasteiger partial charge is 0.481 e. The van der Waals surface area contributed by atoms with Gasteiger partial charge in [-0.1, -0.05) is 132 Å². The molecule has 4 aliphatic rings. The van der Waals surface area contributed by atoms with Gasteiger partial charge in [-0.3, -0.25) is 86.5 Å². The summed E-state index contributed by atoms with van der Waals surface area (Å²) >= 11 is 0. The van der Waals surface area contributed by atoms with E-state index in [1.54, 1.807) is 125 Å². The van der Waals surface area contributed by atoms with Crippen molar-refractivity contribution in [1.29, 1.82) is 0 Å². The number of Topliss-reactive ketones (excluding diaryl/α,β-unsaturated/α-hetero) is 5. The maximum absolute atomic E-state index is 14.6. The van der Waals surface area contributed by atoms with Crippen LogP contribution >= 0.6 is 0 Å². The summed E-state index contributed by atoms with van der Waals surface area (Å²) in [6.45, 7) is 9.08. The maximum Gasteiger partial charge on any atom is 0.307 e. The summed E-state index contributed by atoms with van der Waals surface area (Å²) < 4.78 is 0. The summed E-state index contributed by atoms with van der Waals surface area (Å²) in [5.41, 5.74) is 2.79. The fraction of sp³-hybridized carbons (Fsp3) is 0.387. The summed E-state index contributed by atoms with van der Waals surface area (Å²) in [4.78, 5) is 218. The molecule has 7 N–H and O–H groups in total. The molecule has 2 aliphatic carbocycles. The molecule has 2 aliphatic heterocycles. The minimum Gasteiger partial charge on any atom is -0.481 e. The number of likely N-dealkylation sites (tertiary alicyclic amines) is 1. The zero-order valence-electron chi connectivity index (χ0n) is 56.2. The number of rotatable bonds is 34. The van der Waals surface area contributed by atoms with Crippen molar-refractivity contribution in [2.45, 2.75) is 130 Å². The van der Waals surface area contributed by atoms with E-state index in [1.165, 1.54) is 32.9 Å². The van der Waals surface area contributed by atoms with Crippen molar-refractivity contribution in [3.8, 4) is 0 Å². The van der Waals surface area contributed by atoms with Crippen LogP contribution in [0.1, 0.15) is 136 Å². The predicted octanol–water partition coefficient (Wildman–Crippen LogP) is 4.82. The molecule has 1 fully saturated rings. The van der Waals surface area contributed by atoms with Gasteiger partial charge in [0.2, 0.25) is 29.5 Å². The molecule has 5 aromatic carbocycles. The molecule has 8 amide bonds. The number of carboxylic acids is 3. The number of aliphatic carboxylic acids is 3. The number of carbonyl (C=O) groups excluding carboxylic acids is 13. The van der Waals surface area contributed by atoms with E-state index in [2.05, 4.69) is 21.3 Å². The molecular weight excluding hydrogens is 1290 g/mol. The number of imide groups is 2. The van der Waals surface area contributed by atoms with Crippen molar-refractivity contribution < 1.29 is 92.0 Å². The number of piperidine rings is 1. The molecule has 1 saturated heterocycles. The second-order valence-electron chi connectivity index (χ2n) is 27.0. The highest BCUT2D eigenvalue weighted by Crippen LogP contribution is 2.48. The molecule has 9 rings (SSSR count). The number of amides is 8. The highest BCUT2D eigenvalue weighted by atomic mass is 16.4. The smallest absolute Gasteiger partial charge is 0.307 e. The lowest BCUT2D eigenvalue weighted by molar-refractivity contribution is -0.150. The third kappa shape index (κ3) is 15.9. The Kier molecular flexibility index (Phi) is 22.6. The highest BCUT2D eigenvalue weighted by molar-refractivity contribution is 6.32. The molecule has 25 nitrogen and oxygen atoms in total. The normalized spacial score (nSPS) is 17.6. The highest BCUT2D eigenvalue weighted by Gasteiger charge is 2.49. The number of carbonyl (C=O) groups is 16. The first-order chi connectivity index (χ1) is 47.3. The van der Waals surface area contributed by atoms with Gasteiger partial charge in [-0.05, 0) is 94.3 Å². The van der Waals surface area contributed by atoms with Gasteiger partial charge in [0, 0.05) is 65.5 Å². The molecule has 0 radical (unpaired) electrons. The zero-order valence-corrected chi connectivity index (χ0v) is 56.2. The summed E-state index contributed by atoms with van der Waals surface area (Å²) in [7, 11) is 0. The Balaban J connectivity index is 0.879. The lowest BCUT2D eigenvalue weighted by atomic mass is 9.67. The van der Waals surface area contributed by atoms with Gasteiger partial charge in [-0.15, -0.1) is 0 Å². The SMILES string of the molecule is CC(=O)[C@@H](NC(=O)[C@H](CC(=O)O)CC(=O)[C@H](Cc1ccccc1)NC(=O)C(C)CC(=O)CN1C(=O)C2=CC=c3c4c(c5ccc6c7c(ccc3c57)C(=O)N(CC(=O)N[C@@H](C)C(=O)C[C@@H](Cc3ccccc3)C(=O)N[C@@H](CC(=O)O)C(=O)C[C@H](C(=O)O)C(C)C)C6=O)C=CC(C1=O)C24)C(C)C. The zero-order chi connectivity index (χ0) is 72.9. The van der Waals surface area contributed by atoms with Gasteiger partial charge in [0.05, 0.1) is 61.3 Å². The third-order valence-corrected chi connectivity index (χ3v) is 19.1. The quantitative estimate of drug-likeness (QED) is 0.0271. The van der Waals surface area contributed by atoms with Crippen molar-refractivity contribution in [2.75, 3.05) is 13.1 Å². The van der Waals surface area contributed by atoms with E-state index in [4.69, 9.17) is 0 Å². The second-order valence-corrected chi connectivity index (χ2v) is 27.0. The van der Waals surface area contributed by atoms with Crippen LogP contribution in [0, 0.1) is 41.4 Å². The van der Waals surface area contributed by atoms with E-state index in [1.807, 2.05) is 0 Å². The van der Waals surface area contributed by atoms with Crippen LogP contribution < -0.4 is 26.5 Å². The van der Waals surface area contributed by atoms with E-state index in [-0.39, 0.29) is 46.6 Å². The van der Waals surface area contributed by atoms with Gasteiger partial charge in [-0.25, -0.2) is 0 Å². The fourth-order valence-electron chi connectivity index (χ4n) is 13.8. The Bertz CT molecular complexity index is 4360. The van der Waals surface area contributed by atoms with Crippen LogP contribution in [-0.4, -0.2) is 156 Å². The summed E-state index contributed by atoms with van der Waals surface area (Å²) in [5.74, 6) is -21.3. The summed E-state index contributed by atoms with van der Waals surface area (Å²) in [6.07, 6.45) is 2.68. The van der Waals surface area contributed by atoms with Gasteiger partial charge in [0.1, 0.15) is 6.54 Å². The van der Waals surface area contributed by atoms with Crippen LogP contribution in [0.5, 0.6) is 0 Å². The molecule has 5 aromatic rings. The number of carboxylic acid groups (broad SMARTS) is 3. The Morgan fingerprint density at radius 3 is 1.67 bits per heavy atom. The number of ketones is 5. The maximum atomic E-state index is 14.6. The lowest BCUT2D eigenvalue weighted by Gasteiger charge is -2.41. The number of benzene rings is 5. The number of nitrogens with one attached hydrogen (secondary N) is 4. The Morgan fingerprint density at radius 2 is 1.09 bits per heavy atom. The van der Waals surface area contributed by atoms with Gasteiger partial charge in [0.25, 0.3) is 17.7 Å². The number of allylic oxidation sites excluding steroid dienone is 1. The van der Waals surface area contributed by atoms with E-state index in [0.717, 1.165) is 9.80 Å². The molecule has 25 heteroatoms. The number of nitrogens with zero attached hydrogens (tertiary/aromatic N) is 2. The minimum absolute atomic E-state index is 0.0606. The first kappa shape index (κ1) is 73.3. The van der Waals surface area contributed by atoms with Crippen molar-refractivity contribution >= 4 is 128 Å². The van der Waals surface area contributed by atoms with Crippen LogP contribution in [-0.2, 0) is 80.0 Å². The average molecular weight is 1370 g/mol.